The third-order valence-electron chi connectivity index (χ3n) is 18.1. The van der Waals surface area contributed by atoms with Crippen molar-refractivity contribution in [1.29, 1.82) is 5.26 Å². The number of hydrogen-bond donors (Lipinski definition) is 1. The topological polar surface area (TPSA) is 137 Å². The quantitative estimate of drug-likeness (QED) is 0.136. The van der Waals surface area contributed by atoms with E-state index in [4.69, 9.17) is 14.6 Å². The third-order valence-corrected chi connectivity index (χ3v) is 18.1. The van der Waals surface area contributed by atoms with Crippen LogP contribution in [0.15, 0.2) is 67.0 Å². The van der Waals surface area contributed by atoms with E-state index in [1.54, 1.807) is 62.4 Å². The summed E-state index contributed by atoms with van der Waals surface area (Å²) in [5.41, 5.74) is 7.10. The number of anilines is 3. The molecular weight excluding hydrogens is 939 g/mol. The summed E-state index contributed by atoms with van der Waals surface area (Å²) in [6, 6.07) is 19.8. The Morgan fingerprint density at radius 3 is 2.28 bits per heavy atom. The average molecular weight is 1010 g/mol. The molecule has 1 spiro atoms. The predicted molar refractivity (Wildman–Crippen MR) is 280 cm³/mol. The lowest BCUT2D eigenvalue weighted by Crippen LogP contribution is -2.74. The van der Waals surface area contributed by atoms with Gasteiger partial charge in [0.1, 0.15) is 23.7 Å². The Balaban J connectivity index is 0.694. The minimum atomic E-state index is -2.65. The molecule has 2 saturated heterocycles. The van der Waals surface area contributed by atoms with E-state index in [1.807, 2.05) is 23.1 Å². The van der Waals surface area contributed by atoms with Crippen molar-refractivity contribution in [2.45, 2.75) is 130 Å². The van der Waals surface area contributed by atoms with E-state index >= 15 is 0 Å². The van der Waals surface area contributed by atoms with Gasteiger partial charge in [0.15, 0.2) is 5.82 Å². The summed E-state index contributed by atoms with van der Waals surface area (Å²) in [6.07, 6.45) is 9.73. The Morgan fingerprint density at radius 2 is 1.64 bits per heavy atom. The molecule has 0 bridgehead atoms. The highest BCUT2D eigenvalue weighted by molar-refractivity contribution is 5.95. The normalized spacial score (nSPS) is 22.4. The molecule has 2 aliphatic carbocycles. The number of aromatic nitrogens is 4. The fourth-order valence-electron chi connectivity index (χ4n) is 14.3. The van der Waals surface area contributed by atoms with Crippen molar-refractivity contribution in [1.82, 2.24) is 34.7 Å². The van der Waals surface area contributed by atoms with Gasteiger partial charge in [-0.05, 0) is 130 Å². The molecule has 6 aliphatic rings. The van der Waals surface area contributed by atoms with E-state index in [-0.39, 0.29) is 46.4 Å². The molecule has 4 fully saturated rings. The summed E-state index contributed by atoms with van der Waals surface area (Å²) in [6.45, 7) is 16.1. The van der Waals surface area contributed by atoms with Crippen LogP contribution in [0, 0.1) is 27.6 Å². The third kappa shape index (κ3) is 8.76. The van der Waals surface area contributed by atoms with Crippen LogP contribution in [0.2, 0.25) is 0 Å². The highest BCUT2D eigenvalue weighted by Crippen LogP contribution is 2.57. The number of carbonyl (C=O) groups is 2. The first-order chi connectivity index (χ1) is 35.5. The zero-order valence-corrected chi connectivity index (χ0v) is 44.0. The fourth-order valence-corrected chi connectivity index (χ4v) is 14.3. The first-order valence-corrected chi connectivity index (χ1v) is 26.7. The van der Waals surface area contributed by atoms with Gasteiger partial charge in [-0.15, -0.1) is 0 Å². The molecule has 6 heterocycles. The van der Waals surface area contributed by atoms with Crippen LogP contribution >= 0.6 is 0 Å². The first-order valence-electron chi connectivity index (χ1n) is 26.7. The molecule has 16 heteroatoms. The number of halogens is 2. The zero-order chi connectivity index (χ0) is 51.8. The maximum absolute atomic E-state index is 14.8. The van der Waals surface area contributed by atoms with Gasteiger partial charge in [0.05, 0.1) is 31.5 Å². The molecule has 0 unspecified atom stereocenters. The van der Waals surface area contributed by atoms with Crippen LogP contribution in [0.3, 0.4) is 0 Å². The van der Waals surface area contributed by atoms with Crippen LogP contribution in [-0.4, -0.2) is 106 Å². The molecule has 5 aromatic rings. The van der Waals surface area contributed by atoms with E-state index < -0.39 is 6.43 Å². The maximum atomic E-state index is 14.8. The molecule has 4 aliphatic heterocycles. The van der Waals surface area contributed by atoms with Gasteiger partial charge in [0, 0.05) is 121 Å². The molecule has 2 aromatic heterocycles. The Labute approximate surface area is 433 Å². The van der Waals surface area contributed by atoms with E-state index in [0.717, 1.165) is 99.4 Å². The average Bonchev–Trinajstić information content (AvgIpc) is 4.02. The number of likely N-dealkylation sites (tertiary alicyclic amines) is 1. The number of nitriles is 1. The van der Waals surface area contributed by atoms with E-state index in [2.05, 4.69) is 75.7 Å². The number of nitrogens with one attached hydrogen (secondary N) is 1. The van der Waals surface area contributed by atoms with Gasteiger partial charge < -0.3 is 34.4 Å². The minimum Gasteiger partial charge on any atom is -0.495 e. The second-order valence-corrected chi connectivity index (χ2v) is 23.3. The predicted octanol–water partition coefficient (Wildman–Crippen LogP) is 9.79. The van der Waals surface area contributed by atoms with Crippen molar-refractivity contribution < 1.29 is 27.8 Å². The number of aryl methyl sites for hydroxylation is 2. The van der Waals surface area contributed by atoms with E-state index in [9.17, 15) is 23.6 Å². The summed E-state index contributed by atoms with van der Waals surface area (Å²) >= 11 is 0. The molecule has 14 nitrogen and oxygen atoms in total. The van der Waals surface area contributed by atoms with E-state index in [1.165, 1.54) is 18.5 Å². The van der Waals surface area contributed by atoms with Crippen molar-refractivity contribution in [2.75, 3.05) is 56.2 Å². The first kappa shape index (κ1) is 49.7. The molecular formula is C58H70F2N10O4. The van der Waals surface area contributed by atoms with Crippen molar-refractivity contribution in [2.24, 2.45) is 23.3 Å². The second kappa shape index (κ2) is 19.0. The van der Waals surface area contributed by atoms with Crippen LogP contribution in [0.25, 0.3) is 11.1 Å². The Kier molecular flexibility index (Phi) is 12.8. The number of amides is 2. The highest BCUT2D eigenvalue weighted by Gasteiger charge is 2.64. The minimum absolute atomic E-state index is 0.00142. The summed E-state index contributed by atoms with van der Waals surface area (Å²) in [5, 5.41) is 22.4. The van der Waals surface area contributed by atoms with Crippen molar-refractivity contribution in [3.8, 4) is 28.7 Å². The summed E-state index contributed by atoms with van der Waals surface area (Å²) in [7, 11) is 3.34. The van der Waals surface area contributed by atoms with Gasteiger partial charge in [0.25, 0.3) is 12.3 Å². The Hall–Kier alpha value is -6.47. The summed E-state index contributed by atoms with van der Waals surface area (Å²) in [5.74, 6) is 1.86. The lowest BCUT2D eigenvalue weighted by atomic mass is 9.49. The molecule has 2 amide bonds. The van der Waals surface area contributed by atoms with Gasteiger partial charge in [-0.3, -0.25) is 19.0 Å². The van der Waals surface area contributed by atoms with Gasteiger partial charge in [-0.1, -0.05) is 27.7 Å². The highest BCUT2D eigenvalue weighted by atomic mass is 19.3. The standard InChI is InChI=1S/C58H70F2N10O4/c1-36(71)68-24-18-48-47(35-68)52(69-21-8-9-38-27-45(40-33-62-65(6)34-40)46(51(59)60)29-49(38)69)64-70(48)43-30-58(31-43)19-25-67(26-20-58)42-16-22-66(23-17-42)41-13-10-37(11-14-41)53(72)63-54-56(2,3)55(57(54,4)5)74-44-15-12-39(32-61)50(28-44)73-7/h10-15,27-29,33-34,42-43,51,54-55H,8-9,16-26,30-31,35H2,1-7H3,(H,63,72). The molecule has 74 heavy (non-hydrogen) atoms. The number of nitrogens with zero attached hydrogens (tertiary/aromatic N) is 9. The van der Waals surface area contributed by atoms with Crippen LogP contribution in [0.1, 0.15) is 130 Å². The lowest BCUT2D eigenvalue weighted by Gasteiger charge is -2.63. The zero-order valence-electron chi connectivity index (χ0n) is 44.0. The molecule has 2 saturated carbocycles. The summed E-state index contributed by atoms with van der Waals surface area (Å²) < 4.78 is 45.4. The van der Waals surface area contributed by atoms with Crippen molar-refractivity contribution in [3.63, 3.8) is 0 Å². The van der Waals surface area contributed by atoms with Gasteiger partial charge in [0.2, 0.25) is 5.91 Å². The number of hydrogen-bond acceptors (Lipinski definition) is 10. The number of fused-ring (bicyclic) bond motifs is 2. The molecule has 3 aromatic carbocycles. The number of carbonyl (C=O) groups excluding carboxylic acids is 2. The number of benzene rings is 3. The van der Waals surface area contributed by atoms with E-state index in [0.29, 0.717) is 64.8 Å². The lowest BCUT2D eigenvalue weighted by molar-refractivity contribution is -0.164. The number of rotatable bonds is 11. The smallest absolute Gasteiger partial charge is 0.264 e. The molecule has 390 valence electrons. The van der Waals surface area contributed by atoms with Gasteiger partial charge in [-0.2, -0.15) is 15.5 Å². The largest absolute Gasteiger partial charge is 0.495 e. The van der Waals surface area contributed by atoms with Crippen molar-refractivity contribution >= 4 is 29.0 Å². The van der Waals surface area contributed by atoms with Crippen molar-refractivity contribution in [3.05, 3.63) is 101 Å². The Morgan fingerprint density at radius 1 is 0.905 bits per heavy atom. The molecule has 0 radical (unpaired) electrons. The number of ether oxygens (including phenoxy) is 2. The van der Waals surface area contributed by atoms with Crippen LogP contribution < -0.4 is 24.6 Å². The number of methoxy groups -OCH3 is 1. The van der Waals surface area contributed by atoms with Crippen LogP contribution in [0.5, 0.6) is 11.5 Å². The Bertz CT molecular complexity index is 2970. The van der Waals surface area contributed by atoms with Crippen LogP contribution in [-0.2, 0) is 31.2 Å². The monoisotopic (exact) mass is 1010 g/mol. The molecule has 1 N–H and O–H groups in total. The number of alkyl halides is 2. The fraction of sp³-hybridized carbons (Fsp3) is 0.534. The SMILES string of the molecule is COc1cc(OC2C(C)(C)C(NC(=O)c3ccc(N4CCC(N5CCC6(CC5)CC(n5nc(N7CCCc8cc(-c9cnn(C)c9)c(C(F)F)cc87)c7c5CCN(C(C)=O)C7)C6)CC4)cc3)C2(C)C)ccc1C#N. The number of piperidine rings is 2. The van der Waals surface area contributed by atoms with Crippen LogP contribution in [0.4, 0.5) is 26.0 Å². The molecule has 0 atom stereocenters. The second-order valence-electron chi connectivity index (χ2n) is 23.3. The van der Waals surface area contributed by atoms with Gasteiger partial charge >= 0.3 is 0 Å². The maximum Gasteiger partial charge on any atom is 0.264 e. The molecule has 11 rings (SSSR count). The van der Waals surface area contributed by atoms with Gasteiger partial charge in [-0.25, -0.2) is 8.78 Å². The summed E-state index contributed by atoms with van der Waals surface area (Å²) in [4.78, 5) is 35.7.